The second-order valence-corrected chi connectivity index (χ2v) is 8.00. The van der Waals surface area contributed by atoms with Crippen molar-refractivity contribution in [2.45, 2.75) is 0 Å². The van der Waals surface area contributed by atoms with E-state index in [1.54, 1.807) is 0 Å². The van der Waals surface area contributed by atoms with E-state index in [0.29, 0.717) is 0 Å². The van der Waals surface area contributed by atoms with Crippen LogP contribution in [0.5, 0.6) is 0 Å². The lowest BCUT2D eigenvalue weighted by Gasteiger charge is -2.15. The number of hydrogen-bond donors (Lipinski definition) is 0. The van der Waals surface area contributed by atoms with E-state index in [0.717, 1.165) is 4.47 Å². The molecule has 0 N–H and O–H groups in total. The fourth-order valence-corrected chi connectivity index (χ4v) is 4.97. The Bertz CT molecular complexity index is 1360. The van der Waals surface area contributed by atoms with Crippen molar-refractivity contribution < 1.29 is 0 Å². The molecule has 5 aromatic carbocycles. The van der Waals surface area contributed by atoms with Crippen molar-refractivity contribution in [1.82, 2.24) is 0 Å². The zero-order valence-electron chi connectivity index (χ0n) is 14.5. The first-order valence-electron chi connectivity index (χ1n) is 9.16. The highest BCUT2D eigenvalue weighted by atomic mass is 79.9. The van der Waals surface area contributed by atoms with Crippen LogP contribution in [0.1, 0.15) is 0 Å². The Kier molecular flexibility index (Phi) is 3.12. The van der Waals surface area contributed by atoms with Crippen LogP contribution < -0.4 is 0 Å². The van der Waals surface area contributed by atoms with Gasteiger partial charge in [-0.15, -0.1) is 0 Å². The zero-order valence-corrected chi connectivity index (χ0v) is 16.1. The average Bonchev–Trinajstić information content (AvgIpc) is 3.06. The van der Waals surface area contributed by atoms with Gasteiger partial charge in [0, 0.05) is 4.47 Å². The van der Waals surface area contributed by atoms with Crippen LogP contribution >= 0.6 is 15.9 Å². The molecular formula is C26H15Br. The number of rotatable bonds is 1. The molecule has 6 rings (SSSR count). The van der Waals surface area contributed by atoms with Crippen LogP contribution in [0.4, 0.5) is 0 Å². The molecule has 27 heavy (non-hydrogen) atoms. The van der Waals surface area contributed by atoms with Gasteiger partial charge >= 0.3 is 0 Å². The molecule has 0 saturated heterocycles. The van der Waals surface area contributed by atoms with Gasteiger partial charge in [-0.2, -0.15) is 0 Å². The highest BCUT2D eigenvalue weighted by molar-refractivity contribution is 9.10. The van der Waals surface area contributed by atoms with Gasteiger partial charge < -0.3 is 0 Å². The van der Waals surface area contributed by atoms with Gasteiger partial charge in [0.05, 0.1) is 0 Å². The molecule has 1 aliphatic rings. The van der Waals surface area contributed by atoms with Crippen LogP contribution in [-0.4, -0.2) is 0 Å². The molecule has 0 spiro atoms. The summed E-state index contributed by atoms with van der Waals surface area (Å²) >= 11 is 3.70. The molecule has 0 nitrogen and oxygen atoms in total. The first kappa shape index (κ1) is 15.2. The molecule has 126 valence electrons. The highest BCUT2D eigenvalue weighted by Gasteiger charge is 2.25. The molecule has 0 aromatic heterocycles. The minimum Gasteiger partial charge on any atom is -0.0622 e. The summed E-state index contributed by atoms with van der Waals surface area (Å²) in [6.45, 7) is 0. The van der Waals surface area contributed by atoms with E-state index in [-0.39, 0.29) is 0 Å². The van der Waals surface area contributed by atoms with E-state index in [2.05, 4.69) is 107 Å². The van der Waals surface area contributed by atoms with Crippen LogP contribution in [0.25, 0.3) is 54.9 Å². The van der Waals surface area contributed by atoms with Crippen molar-refractivity contribution in [2.75, 3.05) is 0 Å². The Balaban J connectivity index is 1.92. The first-order valence-corrected chi connectivity index (χ1v) is 9.95. The van der Waals surface area contributed by atoms with Crippen LogP contribution in [0.2, 0.25) is 0 Å². The predicted molar refractivity (Wildman–Crippen MR) is 119 cm³/mol. The lowest BCUT2D eigenvalue weighted by molar-refractivity contribution is 1.67. The van der Waals surface area contributed by atoms with Crippen molar-refractivity contribution in [2.24, 2.45) is 0 Å². The third-order valence-corrected chi connectivity index (χ3v) is 6.15. The van der Waals surface area contributed by atoms with Crippen molar-refractivity contribution in [1.29, 1.82) is 0 Å². The topological polar surface area (TPSA) is 0 Å². The van der Waals surface area contributed by atoms with E-state index >= 15 is 0 Å². The number of fused-ring (bicyclic) bond motifs is 5. The van der Waals surface area contributed by atoms with Gasteiger partial charge in [0.1, 0.15) is 0 Å². The normalized spacial score (nSPS) is 11.9. The Labute approximate surface area is 166 Å². The molecule has 0 amide bonds. The second kappa shape index (κ2) is 5.55. The molecule has 0 bridgehead atoms. The van der Waals surface area contributed by atoms with E-state index in [9.17, 15) is 0 Å². The largest absolute Gasteiger partial charge is 0.0622 e. The van der Waals surface area contributed by atoms with Gasteiger partial charge in [-0.05, 0) is 67.1 Å². The summed E-state index contributed by atoms with van der Waals surface area (Å²) in [6.07, 6.45) is 0. The number of hydrogen-bond acceptors (Lipinski definition) is 0. The molecular weight excluding hydrogens is 392 g/mol. The van der Waals surface area contributed by atoms with Crippen LogP contribution in [0.3, 0.4) is 0 Å². The molecule has 0 fully saturated rings. The molecule has 1 heteroatoms. The van der Waals surface area contributed by atoms with E-state index in [1.165, 1.54) is 54.9 Å². The standard InChI is InChI=1S/C26H15Br/c27-17-13-14-21-23(15-17)26-19-10-5-4-9-18(19)20-11-6-12-22(25(20)26)24(21)16-7-2-1-3-8-16/h1-15H. The summed E-state index contributed by atoms with van der Waals surface area (Å²) < 4.78 is 1.12. The van der Waals surface area contributed by atoms with Gasteiger partial charge in [0.15, 0.2) is 0 Å². The third kappa shape index (κ3) is 2.03. The average molecular weight is 407 g/mol. The number of halogens is 1. The van der Waals surface area contributed by atoms with Gasteiger partial charge in [-0.25, -0.2) is 0 Å². The quantitative estimate of drug-likeness (QED) is 0.242. The first-order chi connectivity index (χ1) is 13.3. The van der Waals surface area contributed by atoms with Crippen molar-refractivity contribution >= 4 is 37.5 Å². The maximum Gasteiger partial charge on any atom is 0.0181 e. The monoisotopic (exact) mass is 406 g/mol. The predicted octanol–water partition coefficient (Wildman–Crippen LogP) is 8.07. The van der Waals surface area contributed by atoms with Crippen molar-refractivity contribution in [3.8, 4) is 33.4 Å². The summed E-state index contributed by atoms with van der Waals surface area (Å²) in [4.78, 5) is 0. The lowest BCUT2D eigenvalue weighted by Crippen LogP contribution is -1.88. The summed E-state index contributed by atoms with van der Waals surface area (Å²) in [7, 11) is 0. The third-order valence-electron chi connectivity index (χ3n) is 5.65. The molecule has 1 aliphatic carbocycles. The highest BCUT2D eigenvalue weighted by Crippen LogP contribution is 2.53. The molecule has 5 aromatic rings. The summed E-state index contributed by atoms with van der Waals surface area (Å²) in [5.74, 6) is 0. The van der Waals surface area contributed by atoms with E-state index in [4.69, 9.17) is 0 Å². The minimum absolute atomic E-state index is 1.12. The SMILES string of the molecule is Brc1ccc2c(-c3ccccc3)c3cccc4c3c(c2c1)-c1ccccc1-4. The zero-order chi connectivity index (χ0) is 18.0. The maximum atomic E-state index is 3.70. The van der Waals surface area contributed by atoms with E-state index in [1.807, 2.05) is 0 Å². The molecule has 0 atom stereocenters. The van der Waals surface area contributed by atoms with Gasteiger partial charge in [0.2, 0.25) is 0 Å². The van der Waals surface area contributed by atoms with Crippen LogP contribution in [0.15, 0.2) is 95.5 Å². The van der Waals surface area contributed by atoms with Gasteiger partial charge in [-0.1, -0.05) is 94.8 Å². The maximum absolute atomic E-state index is 3.70. The Hall–Kier alpha value is -2.90. The molecule has 0 aliphatic heterocycles. The lowest BCUT2D eigenvalue weighted by atomic mass is 9.88. The summed E-state index contributed by atoms with van der Waals surface area (Å²) in [5, 5.41) is 5.33. The number of benzene rings is 5. The smallest absolute Gasteiger partial charge is 0.0181 e. The summed E-state index contributed by atoms with van der Waals surface area (Å²) in [6, 6.07) is 33.0. The van der Waals surface area contributed by atoms with E-state index < -0.39 is 0 Å². The molecule has 0 unspecified atom stereocenters. The Morgan fingerprint density at radius 1 is 0.481 bits per heavy atom. The minimum atomic E-state index is 1.12. The molecule has 0 saturated carbocycles. The second-order valence-electron chi connectivity index (χ2n) is 7.08. The van der Waals surface area contributed by atoms with Gasteiger partial charge in [0.25, 0.3) is 0 Å². The molecule has 0 radical (unpaired) electrons. The Morgan fingerprint density at radius 3 is 2.07 bits per heavy atom. The van der Waals surface area contributed by atoms with Crippen molar-refractivity contribution in [3.63, 3.8) is 0 Å². The van der Waals surface area contributed by atoms with Crippen LogP contribution in [-0.2, 0) is 0 Å². The van der Waals surface area contributed by atoms with Crippen LogP contribution in [0, 0.1) is 0 Å². The fourth-order valence-electron chi connectivity index (χ4n) is 4.61. The summed E-state index contributed by atoms with van der Waals surface area (Å²) in [5.41, 5.74) is 7.98. The van der Waals surface area contributed by atoms with Crippen molar-refractivity contribution in [3.05, 3.63) is 95.5 Å². The van der Waals surface area contributed by atoms with Gasteiger partial charge in [-0.3, -0.25) is 0 Å². The fraction of sp³-hybridized carbons (Fsp3) is 0. The Morgan fingerprint density at radius 2 is 1.22 bits per heavy atom. The molecule has 0 heterocycles.